The Balaban J connectivity index is 1.39. The predicted molar refractivity (Wildman–Crippen MR) is 135 cm³/mol. The largest absolute Gasteiger partial charge is 0.497 e. The number of aromatic amines is 1. The van der Waals surface area contributed by atoms with Gasteiger partial charge in [0.2, 0.25) is 11.8 Å². The summed E-state index contributed by atoms with van der Waals surface area (Å²) in [7, 11) is 1.65. The summed E-state index contributed by atoms with van der Waals surface area (Å²) >= 11 is 0. The Morgan fingerprint density at radius 3 is 2.80 bits per heavy atom. The highest BCUT2D eigenvalue weighted by atomic mass is 16.5. The number of fused-ring (bicyclic) bond motifs is 4. The van der Waals surface area contributed by atoms with Crippen molar-refractivity contribution in [3.8, 4) is 5.75 Å². The van der Waals surface area contributed by atoms with Crippen LogP contribution in [0, 0.1) is 0 Å². The van der Waals surface area contributed by atoms with Gasteiger partial charge in [-0.2, -0.15) is 0 Å². The molecule has 2 aliphatic heterocycles. The zero-order chi connectivity index (χ0) is 23.9. The van der Waals surface area contributed by atoms with Gasteiger partial charge < -0.3 is 19.5 Å². The molecule has 0 bridgehead atoms. The van der Waals surface area contributed by atoms with E-state index in [1.54, 1.807) is 12.0 Å². The minimum atomic E-state index is -0.500. The van der Waals surface area contributed by atoms with Crippen molar-refractivity contribution in [1.29, 1.82) is 0 Å². The average Bonchev–Trinajstić information content (AvgIpc) is 3.27. The maximum atomic E-state index is 13.8. The van der Waals surface area contributed by atoms with E-state index in [-0.39, 0.29) is 24.4 Å². The van der Waals surface area contributed by atoms with E-state index >= 15 is 0 Å². The molecule has 35 heavy (non-hydrogen) atoms. The first-order valence-corrected chi connectivity index (χ1v) is 12.7. The third-order valence-corrected chi connectivity index (χ3v) is 7.84. The second-order valence-electron chi connectivity index (χ2n) is 9.88. The summed E-state index contributed by atoms with van der Waals surface area (Å²) in [6.07, 6.45) is 8.43. The second-order valence-corrected chi connectivity index (χ2v) is 9.88. The third-order valence-electron chi connectivity index (χ3n) is 7.84. The van der Waals surface area contributed by atoms with Crippen LogP contribution in [0.5, 0.6) is 5.75 Å². The van der Waals surface area contributed by atoms with Crippen LogP contribution in [0.15, 0.2) is 60.2 Å². The van der Waals surface area contributed by atoms with E-state index in [0.29, 0.717) is 13.0 Å². The quantitative estimate of drug-likeness (QED) is 0.549. The summed E-state index contributed by atoms with van der Waals surface area (Å²) in [4.78, 5) is 34.7. The van der Waals surface area contributed by atoms with Gasteiger partial charge in [-0.3, -0.25) is 9.59 Å². The molecule has 3 aromatic rings. The zero-order valence-corrected chi connectivity index (χ0v) is 20.1. The minimum absolute atomic E-state index is 0.00403. The highest BCUT2D eigenvalue weighted by Crippen LogP contribution is 2.43. The summed E-state index contributed by atoms with van der Waals surface area (Å²) in [6, 6.07) is 15.2. The lowest BCUT2D eigenvalue weighted by atomic mass is 9.86. The van der Waals surface area contributed by atoms with Crippen molar-refractivity contribution in [2.75, 3.05) is 20.2 Å². The molecule has 0 saturated carbocycles. The number of hydrogen-bond acceptors (Lipinski definition) is 3. The van der Waals surface area contributed by atoms with Crippen LogP contribution in [0.4, 0.5) is 0 Å². The van der Waals surface area contributed by atoms with Crippen molar-refractivity contribution >= 4 is 22.7 Å². The van der Waals surface area contributed by atoms with Crippen LogP contribution >= 0.6 is 0 Å². The number of carbonyl (C=O) groups is 2. The number of amides is 2. The summed E-state index contributed by atoms with van der Waals surface area (Å²) in [6.45, 7) is 0.754. The Morgan fingerprint density at radius 2 is 1.97 bits per heavy atom. The molecule has 3 heterocycles. The first kappa shape index (κ1) is 22.0. The summed E-state index contributed by atoms with van der Waals surface area (Å²) < 4.78 is 5.49. The van der Waals surface area contributed by atoms with E-state index in [4.69, 9.17) is 4.74 Å². The van der Waals surface area contributed by atoms with Crippen LogP contribution in [0.3, 0.4) is 0 Å². The van der Waals surface area contributed by atoms with Crippen molar-refractivity contribution in [2.24, 2.45) is 0 Å². The molecule has 1 fully saturated rings. The number of H-pyrrole nitrogens is 1. The topological polar surface area (TPSA) is 65.6 Å². The Hall–Kier alpha value is -3.54. The normalized spacial score (nSPS) is 22.1. The lowest BCUT2D eigenvalue weighted by molar-refractivity contribution is -0.158. The summed E-state index contributed by atoms with van der Waals surface area (Å²) in [5, 5.41) is 1.12. The summed E-state index contributed by atoms with van der Waals surface area (Å²) in [5.41, 5.74) is 5.54. The van der Waals surface area contributed by atoms with Crippen LogP contribution in [-0.4, -0.2) is 52.8 Å². The number of rotatable bonds is 5. The van der Waals surface area contributed by atoms with Gasteiger partial charge in [0.05, 0.1) is 19.7 Å². The van der Waals surface area contributed by atoms with E-state index in [0.717, 1.165) is 52.7 Å². The number of allylic oxidation sites excluding steroid dienone is 1. The molecule has 2 unspecified atom stereocenters. The molecule has 180 valence electrons. The number of carbonyl (C=O) groups excluding carboxylic acids is 2. The van der Waals surface area contributed by atoms with Gasteiger partial charge in [-0.05, 0) is 61.4 Å². The molecule has 6 rings (SSSR count). The number of hydrogen-bond donors (Lipinski definition) is 1. The van der Waals surface area contributed by atoms with Crippen molar-refractivity contribution in [3.63, 3.8) is 0 Å². The number of aromatic nitrogens is 1. The number of ether oxygens (including phenoxy) is 1. The molecule has 2 atom stereocenters. The van der Waals surface area contributed by atoms with Crippen LogP contribution in [0.25, 0.3) is 10.9 Å². The number of nitrogens with one attached hydrogen (secondary N) is 1. The zero-order valence-electron chi connectivity index (χ0n) is 20.1. The first-order valence-electron chi connectivity index (χ1n) is 12.7. The molecule has 2 amide bonds. The fraction of sp³-hybridized carbons (Fsp3) is 0.379. The van der Waals surface area contributed by atoms with Crippen LogP contribution < -0.4 is 4.74 Å². The molecule has 1 aromatic heterocycles. The van der Waals surface area contributed by atoms with E-state index in [9.17, 15) is 9.59 Å². The highest BCUT2D eigenvalue weighted by molar-refractivity contribution is 5.97. The number of methoxy groups -OCH3 is 1. The van der Waals surface area contributed by atoms with Gasteiger partial charge in [-0.25, -0.2) is 0 Å². The van der Waals surface area contributed by atoms with Crippen LogP contribution in [0.1, 0.15) is 55.0 Å². The van der Waals surface area contributed by atoms with E-state index in [2.05, 4.69) is 23.2 Å². The smallest absolute Gasteiger partial charge is 0.246 e. The van der Waals surface area contributed by atoms with Crippen LogP contribution in [0.2, 0.25) is 0 Å². The van der Waals surface area contributed by atoms with Gasteiger partial charge in [0.15, 0.2) is 0 Å². The Morgan fingerprint density at radius 1 is 1.09 bits per heavy atom. The second kappa shape index (κ2) is 8.91. The number of para-hydroxylation sites is 1. The van der Waals surface area contributed by atoms with Gasteiger partial charge in [0, 0.05) is 29.6 Å². The maximum absolute atomic E-state index is 13.8. The Bertz CT molecular complexity index is 1320. The molecular formula is C29H31N3O3. The number of nitrogens with zero attached hydrogens (tertiary/aromatic N) is 2. The molecule has 2 aromatic carbocycles. The fourth-order valence-corrected chi connectivity index (χ4v) is 6.08. The van der Waals surface area contributed by atoms with E-state index in [1.807, 2.05) is 41.3 Å². The van der Waals surface area contributed by atoms with Gasteiger partial charge >= 0.3 is 0 Å². The average molecular weight is 470 g/mol. The number of piperazine rings is 1. The fourth-order valence-electron chi connectivity index (χ4n) is 6.08. The van der Waals surface area contributed by atoms with Gasteiger partial charge in [0.1, 0.15) is 11.8 Å². The van der Waals surface area contributed by atoms with Gasteiger partial charge in [-0.1, -0.05) is 42.0 Å². The predicted octanol–water partition coefficient (Wildman–Crippen LogP) is 4.75. The van der Waals surface area contributed by atoms with Crippen molar-refractivity contribution in [2.45, 2.75) is 50.6 Å². The number of benzene rings is 2. The van der Waals surface area contributed by atoms with E-state index < -0.39 is 6.04 Å². The molecule has 1 N–H and O–H groups in total. The van der Waals surface area contributed by atoms with Crippen molar-refractivity contribution in [1.82, 2.24) is 14.8 Å². The molecule has 6 nitrogen and oxygen atoms in total. The monoisotopic (exact) mass is 469 g/mol. The molecule has 3 aliphatic rings. The van der Waals surface area contributed by atoms with Crippen molar-refractivity contribution < 1.29 is 14.3 Å². The molecular weight excluding hydrogens is 438 g/mol. The Labute approximate surface area is 205 Å². The standard InChI is InChI=1S/C29H31N3O3/c1-35-21-11-7-10-20(16-21)28-27-23(22-12-5-6-13-24(22)30-27)17-25-29(34)31(18-26(33)32(25)28)15-14-19-8-3-2-4-9-19/h5-8,10-13,16,25,28,30H,2-4,9,14-15,17-18H2,1H3. The van der Waals surface area contributed by atoms with E-state index in [1.165, 1.54) is 18.4 Å². The van der Waals surface area contributed by atoms with Gasteiger partial charge in [0.25, 0.3) is 0 Å². The first-order chi connectivity index (χ1) is 17.1. The molecule has 6 heteroatoms. The summed E-state index contributed by atoms with van der Waals surface area (Å²) in [5.74, 6) is 0.801. The van der Waals surface area contributed by atoms with Crippen molar-refractivity contribution in [3.05, 3.63) is 77.0 Å². The third kappa shape index (κ3) is 3.81. The lowest BCUT2D eigenvalue weighted by Gasteiger charge is -2.47. The van der Waals surface area contributed by atoms with Crippen LogP contribution in [-0.2, 0) is 16.0 Å². The minimum Gasteiger partial charge on any atom is -0.497 e. The molecule has 1 aliphatic carbocycles. The maximum Gasteiger partial charge on any atom is 0.246 e. The molecule has 1 saturated heterocycles. The molecule has 0 spiro atoms. The lowest BCUT2D eigenvalue weighted by Crippen LogP contribution is -2.63. The van der Waals surface area contributed by atoms with Gasteiger partial charge in [-0.15, -0.1) is 0 Å². The molecule has 0 radical (unpaired) electrons. The SMILES string of the molecule is COc1cccc(C2c3[nH]c4ccccc4c3CC3C(=O)N(CCC4=CCCCC4)CC(=O)N32)c1. The Kier molecular flexibility index (Phi) is 5.59. The highest BCUT2D eigenvalue weighted by Gasteiger charge is 2.48.